The van der Waals surface area contributed by atoms with Crippen LogP contribution in [0.25, 0.3) is 11.6 Å². The van der Waals surface area contributed by atoms with Crippen LogP contribution in [0.2, 0.25) is 0 Å². The second-order valence-electron chi connectivity index (χ2n) is 6.66. The first-order valence-corrected chi connectivity index (χ1v) is 11.1. The Bertz CT molecular complexity index is 851. The summed E-state index contributed by atoms with van der Waals surface area (Å²) >= 11 is 1.22. The van der Waals surface area contributed by atoms with E-state index in [-0.39, 0.29) is 0 Å². The number of hydrogen-bond donors (Lipinski definition) is 1. The van der Waals surface area contributed by atoms with Crippen molar-refractivity contribution in [2.45, 2.75) is 51.0 Å². The highest BCUT2D eigenvalue weighted by Crippen LogP contribution is 2.36. The Kier molecular flexibility index (Phi) is 9.11. The topological polar surface area (TPSA) is 62.3 Å². The van der Waals surface area contributed by atoms with Crippen LogP contribution in [0.3, 0.4) is 0 Å². The van der Waals surface area contributed by atoms with Crippen molar-refractivity contribution in [1.82, 2.24) is 0 Å². The lowest BCUT2D eigenvalue weighted by Crippen LogP contribution is -2.37. The molecule has 3 rings (SSSR count). The molecule has 1 aliphatic rings. The lowest BCUT2D eigenvalue weighted by Gasteiger charge is -2.37. The molecule has 4 nitrogen and oxygen atoms in total. The van der Waals surface area contributed by atoms with Gasteiger partial charge in [-0.2, -0.15) is 5.26 Å². The minimum Gasteiger partial charge on any atom is -0.494 e. The van der Waals surface area contributed by atoms with Gasteiger partial charge in [0, 0.05) is 35.3 Å². The molecule has 0 radical (unpaired) electrons. The van der Waals surface area contributed by atoms with E-state index in [1.165, 1.54) is 31.2 Å². The van der Waals surface area contributed by atoms with E-state index in [2.05, 4.69) is 24.1 Å². The Morgan fingerprint density at radius 2 is 1.93 bits per heavy atom. The van der Waals surface area contributed by atoms with Crippen LogP contribution < -0.4 is 14.8 Å². The summed E-state index contributed by atoms with van der Waals surface area (Å²) in [6.45, 7) is 6.60. The monoisotopic (exact) mass is 409 g/mol. The highest BCUT2D eigenvalue weighted by Gasteiger charge is 2.25. The molecule has 1 saturated carbocycles. The van der Waals surface area contributed by atoms with Gasteiger partial charge in [0.05, 0.1) is 18.2 Å². The summed E-state index contributed by atoms with van der Waals surface area (Å²) in [6.07, 6.45) is 5.58. The number of nitriles is 1. The number of anilines is 1. The maximum atomic E-state index is 9.84. The van der Waals surface area contributed by atoms with E-state index in [0.29, 0.717) is 18.2 Å². The van der Waals surface area contributed by atoms with E-state index in [4.69, 9.17) is 9.88 Å². The average molecular weight is 410 g/mol. The quantitative estimate of drug-likeness (QED) is 0.338. The van der Waals surface area contributed by atoms with Gasteiger partial charge in [-0.1, -0.05) is 26.0 Å². The van der Waals surface area contributed by atoms with Gasteiger partial charge < -0.3 is 9.64 Å². The van der Waals surface area contributed by atoms with Crippen molar-refractivity contribution in [3.8, 4) is 11.8 Å². The molecule has 29 heavy (non-hydrogen) atoms. The first-order chi connectivity index (χ1) is 14.2. The average Bonchev–Trinajstić information content (AvgIpc) is 2.73. The second-order valence-corrected chi connectivity index (χ2v) is 7.37. The number of rotatable bonds is 7. The van der Waals surface area contributed by atoms with E-state index in [1.807, 2.05) is 63.2 Å². The van der Waals surface area contributed by atoms with Crippen molar-refractivity contribution < 1.29 is 4.74 Å². The smallest absolute Gasteiger partial charge is 0.121 e. The normalized spacial score (nSPS) is 13.6. The molecule has 0 spiro atoms. The van der Waals surface area contributed by atoms with Gasteiger partial charge in [0.15, 0.2) is 0 Å². The van der Waals surface area contributed by atoms with Crippen LogP contribution in [0.1, 0.15) is 51.2 Å². The fraction of sp³-hybridized carbons (Fsp3) is 0.375. The number of hydrogen-bond acceptors (Lipinski definition) is 5. The van der Waals surface area contributed by atoms with E-state index in [9.17, 15) is 5.26 Å². The number of nitrogens with two attached hydrogens (primary N) is 1. The van der Waals surface area contributed by atoms with Gasteiger partial charge in [-0.05, 0) is 74.0 Å². The molecule has 1 aliphatic carbocycles. The standard InChI is InChI=1S/C22H25N3OS.C2H6/c1-3-26-19-9-12-21(22(14-19)25(2)18-5-4-6-18)17(15-23)13-16-7-10-20(27-24)11-8-16;1-2/h7-14,18H,3-6,24H2,1-2H3;1-2H3/b17-13+;. The Hall–Kier alpha value is -2.42. The van der Waals surface area contributed by atoms with Crippen LogP contribution in [-0.2, 0) is 0 Å². The van der Waals surface area contributed by atoms with Crippen LogP contribution in [0.5, 0.6) is 5.75 Å². The van der Waals surface area contributed by atoms with Crippen LogP contribution >= 0.6 is 11.9 Å². The predicted octanol–water partition coefficient (Wildman–Crippen LogP) is 6.13. The molecule has 0 heterocycles. The molecule has 2 N–H and O–H groups in total. The van der Waals surface area contributed by atoms with Crippen molar-refractivity contribution in [1.29, 1.82) is 5.26 Å². The molecule has 2 aromatic rings. The first-order valence-electron chi connectivity index (χ1n) is 10.2. The van der Waals surface area contributed by atoms with Gasteiger partial charge >= 0.3 is 0 Å². The molecule has 0 amide bonds. The number of ether oxygens (including phenoxy) is 1. The highest BCUT2D eigenvalue weighted by atomic mass is 32.2. The van der Waals surface area contributed by atoms with Gasteiger partial charge in [-0.25, -0.2) is 0 Å². The summed E-state index contributed by atoms with van der Waals surface area (Å²) in [4.78, 5) is 3.29. The third-order valence-corrected chi connectivity index (χ3v) is 5.56. The summed E-state index contributed by atoms with van der Waals surface area (Å²) < 4.78 is 5.70. The van der Waals surface area contributed by atoms with Crippen LogP contribution in [-0.4, -0.2) is 19.7 Å². The molecule has 0 unspecified atom stereocenters. The molecule has 5 heteroatoms. The van der Waals surface area contributed by atoms with Gasteiger partial charge in [0.1, 0.15) is 5.75 Å². The van der Waals surface area contributed by atoms with E-state index in [0.717, 1.165) is 27.5 Å². The summed E-state index contributed by atoms with van der Waals surface area (Å²) in [6, 6.07) is 16.8. The zero-order valence-electron chi connectivity index (χ0n) is 17.8. The summed E-state index contributed by atoms with van der Waals surface area (Å²) in [5, 5.41) is 15.4. The van der Waals surface area contributed by atoms with Crippen LogP contribution in [0.15, 0.2) is 47.4 Å². The fourth-order valence-electron chi connectivity index (χ4n) is 3.24. The number of nitrogens with zero attached hydrogens (tertiary/aromatic N) is 2. The zero-order chi connectivity index (χ0) is 21.2. The van der Waals surface area contributed by atoms with Gasteiger partial charge in [-0.3, -0.25) is 5.14 Å². The molecule has 0 aromatic heterocycles. The molecule has 0 aliphatic heterocycles. The lowest BCUT2D eigenvalue weighted by molar-refractivity contribution is 0.340. The maximum Gasteiger partial charge on any atom is 0.121 e. The maximum absolute atomic E-state index is 9.84. The SMILES string of the molecule is CC.CCOc1ccc(/C(C#N)=C/c2ccc(SN)cc2)c(N(C)C2CCC2)c1. The molecular formula is C24H31N3OS. The highest BCUT2D eigenvalue weighted by molar-refractivity contribution is 7.97. The van der Waals surface area contributed by atoms with E-state index in [1.54, 1.807) is 0 Å². The summed E-state index contributed by atoms with van der Waals surface area (Å²) in [5.74, 6) is 0.837. The van der Waals surface area contributed by atoms with Crippen molar-refractivity contribution in [2.24, 2.45) is 5.14 Å². The zero-order valence-corrected chi connectivity index (χ0v) is 18.6. The third kappa shape index (κ3) is 5.79. The molecule has 154 valence electrons. The summed E-state index contributed by atoms with van der Waals surface area (Å²) in [7, 11) is 2.11. The molecule has 1 fully saturated rings. The molecule has 0 bridgehead atoms. The molecular weight excluding hydrogens is 378 g/mol. The van der Waals surface area contributed by atoms with Gasteiger partial charge in [-0.15, -0.1) is 0 Å². The number of allylic oxidation sites excluding steroid dienone is 1. The van der Waals surface area contributed by atoms with Gasteiger partial charge in [0.25, 0.3) is 0 Å². The Morgan fingerprint density at radius 1 is 1.24 bits per heavy atom. The minimum absolute atomic E-state index is 0.529. The van der Waals surface area contributed by atoms with Crippen LogP contribution in [0, 0.1) is 11.3 Å². The van der Waals surface area contributed by atoms with Crippen molar-refractivity contribution in [3.63, 3.8) is 0 Å². The molecule has 0 atom stereocenters. The molecule has 2 aromatic carbocycles. The summed E-state index contributed by atoms with van der Waals surface area (Å²) in [5.41, 5.74) is 3.61. The molecule has 0 saturated heterocycles. The minimum atomic E-state index is 0.529. The fourth-order valence-corrected chi connectivity index (χ4v) is 3.53. The van der Waals surface area contributed by atoms with Gasteiger partial charge in [0.2, 0.25) is 0 Å². The van der Waals surface area contributed by atoms with Crippen molar-refractivity contribution in [3.05, 3.63) is 53.6 Å². The van der Waals surface area contributed by atoms with E-state index >= 15 is 0 Å². The Balaban J connectivity index is 0.00000145. The first kappa shape index (κ1) is 22.9. The van der Waals surface area contributed by atoms with Crippen molar-refractivity contribution >= 4 is 29.3 Å². The lowest BCUT2D eigenvalue weighted by atomic mass is 9.90. The van der Waals surface area contributed by atoms with E-state index < -0.39 is 0 Å². The van der Waals surface area contributed by atoms with Crippen LogP contribution in [0.4, 0.5) is 5.69 Å². The number of benzene rings is 2. The predicted molar refractivity (Wildman–Crippen MR) is 125 cm³/mol. The Labute approximate surface area is 179 Å². The largest absolute Gasteiger partial charge is 0.494 e. The Morgan fingerprint density at radius 3 is 2.45 bits per heavy atom. The third-order valence-electron chi connectivity index (χ3n) is 5.02. The van der Waals surface area contributed by atoms with Crippen molar-refractivity contribution in [2.75, 3.05) is 18.6 Å². The second kappa shape index (κ2) is 11.5.